The first kappa shape index (κ1) is 11.5. The van der Waals surface area contributed by atoms with Crippen LogP contribution in [0.5, 0.6) is 5.75 Å². The molecule has 0 radical (unpaired) electrons. The number of rotatable bonds is 4. The highest BCUT2D eigenvalue weighted by atomic mass is 16.6. The molecule has 15 heavy (non-hydrogen) atoms. The van der Waals surface area contributed by atoms with E-state index in [1.54, 1.807) is 17.9 Å². The zero-order chi connectivity index (χ0) is 11.5. The zero-order valence-electron chi connectivity index (χ0n) is 8.93. The van der Waals surface area contributed by atoms with E-state index in [0.29, 0.717) is 5.75 Å². The van der Waals surface area contributed by atoms with Crippen molar-refractivity contribution in [3.8, 4) is 5.75 Å². The first-order valence-electron chi connectivity index (χ1n) is 4.38. The molecule has 0 spiro atoms. The number of carbonyl (C=O) groups excluding carboxylic acids is 1. The summed E-state index contributed by atoms with van der Waals surface area (Å²) in [4.78, 5) is 11.1. The third-order valence-corrected chi connectivity index (χ3v) is 1.83. The summed E-state index contributed by atoms with van der Waals surface area (Å²) in [5, 5.41) is 13.5. The number of esters is 1. The number of hydrogen-bond donors (Lipinski definition) is 1. The van der Waals surface area contributed by atoms with Gasteiger partial charge in [-0.2, -0.15) is 5.10 Å². The molecule has 1 heterocycles. The van der Waals surface area contributed by atoms with Crippen LogP contribution in [0.25, 0.3) is 0 Å². The van der Waals surface area contributed by atoms with Crippen LogP contribution in [0.2, 0.25) is 0 Å². The molecular formula is C9H14N2O4. The van der Waals surface area contributed by atoms with E-state index < -0.39 is 11.6 Å². The van der Waals surface area contributed by atoms with Gasteiger partial charge < -0.3 is 14.6 Å². The van der Waals surface area contributed by atoms with Gasteiger partial charge in [0.15, 0.2) is 11.4 Å². The van der Waals surface area contributed by atoms with E-state index >= 15 is 0 Å². The van der Waals surface area contributed by atoms with Crippen molar-refractivity contribution in [3.63, 3.8) is 0 Å². The molecule has 0 bridgehead atoms. The summed E-state index contributed by atoms with van der Waals surface area (Å²) in [6.07, 6.45) is 3.13. The second-order valence-electron chi connectivity index (χ2n) is 3.40. The molecule has 0 aliphatic rings. The van der Waals surface area contributed by atoms with Crippen molar-refractivity contribution in [1.29, 1.82) is 0 Å². The monoisotopic (exact) mass is 214 g/mol. The van der Waals surface area contributed by atoms with E-state index in [9.17, 15) is 9.90 Å². The Balaban J connectivity index is 2.53. The second kappa shape index (κ2) is 4.31. The zero-order valence-corrected chi connectivity index (χ0v) is 8.93. The Hall–Kier alpha value is -1.56. The molecule has 0 aliphatic heterocycles. The first-order chi connectivity index (χ1) is 6.95. The minimum atomic E-state index is -1.65. The fraction of sp³-hybridized carbons (Fsp3) is 0.556. The molecule has 1 N–H and O–H groups in total. The van der Waals surface area contributed by atoms with Gasteiger partial charge in [-0.05, 0) is 6.92 Å². The Bertz CT molecular complexity index is 346. The van der Waals surface area contributed by atoms with Crippen molar-refractivity contribution in [2.24, 2.45) is 7.05 Å². The number of carbonyl (C=O) groups is 1. The number of aromatic nitrogens is 2. The van der Waals surface area contributed by atoms with E-state index in [1.807, 2.05) is 0 Å². The van der Waals surface area contributed by atoms with E-state index in [1.165, 1.54) is 20.2 Å². The van der Waals surface area contributed by atoms with Crippen molar-refractivity contribution in [1.82, 2.24) is 9.78 Å². The third-order valence-electron chi connectivity index (χ3n) is 1.83. The summed E-state index contributed by atoms with van der Waals surface area (Å²) < 4.78 is 11.2. The predicted octanol–water partition coefficient (Wildman–Crippen LogP) is -0.277. The van der Waals surface area contributed by atoms with Crippen LogP contribution in [0, 0.1) is 0 Å². The van der Waals surface area contributed by atoms with E-state index in [4.69, 9.17) is 4.74 Å². The minimum absolute atomic E-state index is 0.175. The molecule has 0 amide bonds. The van der Waals surface area contributed by atoms with Crippen LogP contribution in [0.3, 0.4) is 0 Å². The largest absolute Gasteiger partial charge is 0.487 e. The standard InChI is InChI=1S/C9H14N2O4/c1-9(13,8(12)14-3)6-15-7-4-10-11(2)5-7/h4-5,13H,6H2,1-3H3. The number of hydrogen-bond acceptors (Lipinski definition) is 5. The van der Waals surface area contributed by atoms with Crippen molar-refractivity contribution in [2.75, 3.05) is 13.7 Å². The Morgan fingerprint density at radius 1 is 1.73 bits per heavy atom. The number of aryl methyl sites for hydroxylation is 1. The van der Waals surface area contributed by atoms with Gasteiger partial charge in [-0.1, -0.05) is 0 Å². The highest BCUT2D eigenvalue weighted by Gasteiger charge is 2.32. The number of ether oxygens (including phenoxy) is 2. The summed E-state index contributed by atoms with van der Waals surface area (Å²) in [6.45, 7) is 1.15. The number of nitrogens with zero attached hydrogens (tertiary/aromatic N) is 2. The molecule has 0 saturated heterocycles. The maximum atomic E-state index is 11.1. The summed E-state index contributed by atoms with van der Waals surface area (Å²) in [6, 6.07) is 0. The highest BCUT2D eigenvalue weighted by Crippen LogP contribution is 2.12. The molecule has 0 fully saturated rings. The average Bonchev–Trinajstić information content (AvgIpc) is 2.60. The van der Waals surface area contributed by atoms with Crippen LogP contribution in [0.15, 0.2) is 12.4 Å². The summed E-state index contributed by atoms with van der Waals surface area (Å²) in [5.74, 6) is -0.243. The second-order valence-corrected chi connectivity index (χ2v) is 3.40. The lowest BCUT2D eigenvalue weighted by molar-refractivity contribution is -0.163. The van der Waals surface area contributed by atoms with Gasteiger partial charge >= 0.3 is 5.97 Å². The molecular weight excluding hydrogens is 200 g/mol. The molecule has 0 saturated carbocycles. The lowest BCUT2D eigenvalue weighted by Gasteiger charge is -2.19. The van der Waals surface area contributed by atoms with Crippen LogP contribution in [0.1, 0.15) is 6.92 Å². The lowest BCUT2D eigenvalue weighted by Crippen LogP contribution is -2.42. The van der Waals surface area contributed by atoms with Gasteiger partial charge in [0, 0.05) is 7.05 Å². The van der Waals surface area contributed by atoms with Gasteiger partial charge in [0.2, 0.25) is 0 Å². The fourth-order valence-corrected chi connectivity index (χ4v) is 0.976. The maximum absolute atomic E-state index is 11.1. The van der Waals surface area contributed by atoms with Crippen molar-refractivity contribution < 1.29 is 19.4 Å². The molecule has 0 aliphatic carbocycles. The van der Waals surface area contributed by atoms with Crippen LogP contribution in [-0.2, 0) is 16.6 Å². The molecule has 6 nitrogen and oxygen atoms in total. The highest BCUT2D eigenvalue weighted by molar-refractivity contribution is 5.78. The smallest absolute Gasteiger partial charge is 0.341 e. The molecule has 1 aromatic heterocycles. The summed E-state index contributed by atoms with van der Waals surface area (Å²) >= 11 is 0. The Morgan fingerprint density at radius 2 is 2.40 bits per heavy atom. The minimum Gasteiger partial charge on any atom is -0.487 e. The van der Waals surface area contributed by atoms with Crippen LogP contribution in [0.4, 0.5) is 0 Å². The predicted molar refractivity (Wildman–Crippen MR) is 51.3 cm³/mol. The average molecular weight is 214 g/mol. The number of methoxy groups -OCH3 is 1. The van der Waals surface area contributed by atoms with Crippen molar-refractivity contribution in [2.45, 2.75) is 12.5 Å². The normalized spacial score (nSPS) is 14.4. The summed E-state index contributed by atoms with van der Waals surface area (Å²) in [5.41, 5.74) is -1.65. The Morgan fingerprint density at radius 3 is 2.87 bits per heavy atom. The van der Waals surface area contributed by atoms with E-state index in [-0.39, 0.29) is 6.61 Å². The quantitative estimate of drug-likeness (QED) is 0.698. The first-order valence-corrected chi connectivity index (χ1v) is 4.38. The maximum Gasteiger partial charge on any atom is 0.341 e. The molecule has 1 rings (SSSR count). The van der Waals surface area contributed by atoms with Gasteiger partial charge in [0.1, 0.15) is 6.61 Å². The number of aliphatic hydroxyl groups is 1. The lowest BCUT2D eigenvalue weighted by atomic mass is 10.1. The molecule has 84 valence electrons. The summed E-state index contributed by atoms with van der Waals surface area (Å²) in [7, 11) is 2.95. The Kier molecular flexibility index (Phi) is 3.31. The van der Waals surface area contributed by atoms with Crippen molar-refractivity contribution >= 4 is 5.97 Å². The fourth-order valence-electron chi connectivity index (χ4n) is 0.976. The van der Waals surface area contributed by atoms with Gasteiger partial charge in [0.05, 0.1) is 19.5 Å². The topological polar surface area (TPSA) is 73.6 Å². The van der Waals surface area contributed by atoms with Crippen LogP contribution >= 0.6 is 0 Å². The molecule has 0 aromatic carbocycles. The Labute approximate surface area is 87.4 Å². The van der Waals surface area contributed by atoms with Crippen LogP contribution < -0.4 is 4.74 Å². The third kappa shape index (κ3) is 2.95. The van der Waals surface area contributed by atoms with Gasteiger partial charge in [0.25, 0.3) is 0 Å². The SMILES string of the molecule is COC(=O)C(C)(O)COc1cnn(C)c1. The molecule has 6 heteroatoms. The van der Waals surface area contributed by atoms with Gasteiger partial charge in [-0.25, -0.2) is 4.79 Å². The van der Waals surface area contributed by atoms with Gasteiger partial charge in [-0.15, -0.1) is 0 Å². The van der Waals surface area contributed by atoms with Gasteiger partial charge in [-0.3, -0.25) is 4.68 Å². The van der Waals surface area contributed by atoms with Crippen molar-refractivity contribution in [3.05, 3.63) is 12.4 Å². The van der Waals surface area contributed by atoms with E-state index in [2.05, 4.69) is 9.84 Å². The van der Waals surface area contributed by atoms with Crippen LogP contribution in [-0.4, -0.2) is 40.2 Å². The molecule has 1 atom stereocenters. The molecule has 1 unspecified atom stereocenters. The molecule has 1 aromatic rings. The van der Waals surface area contributed by atoms with E-state index in [0.717, 1.165) is 0 Å².